The number of carbonyl (C=O) groups excluding carboxylic acids is 1. The lowest BCUT2D eigenvalue weighted by atomic mass is 10.1. The average Bonchev–Trinajstić information content (AvgIpc) is 2.71. The number of urea groups is 1. The highest BCUT2D eigenvalue weighted by atomic mass is 79.9. The van der Waals surface area contributed by atoms with E-state index in [1.807, 2.05) is 4.90 Å². The van der Waals surface area contributed by atoms with Gasteiger partial charge in [-0.15, -0.1) is 0 Å². The van der Waals surface area contributed by atoms with Crippen LogP contribution in [-0.4, -0.2) is 105 Å². The Labute approximate surface area is 154 Å². The molecule has 7 nitrogen and oxygen atoms in total. The van der Waals surface area contributed by atoms with E-state index in [1.165, 1.54) is 0 Å². The van der Waals surface area contributed by atoms with E-state index in [0.717, 1.165) is 30.7 Å². The summed E-state index contributed by atoms with van der Waals surface area (Å²) >= 11 is 3.36. The third kappa shape index (κ3) is 7.23. The molecule has 0 aromatic rings. The standard InChI is InChI=1S/C16H33BrN3O4/c1-16(2)14-18(15(21)19(16)17)6-7-20(3,4)8-9-23-12-13-24-11-10-22-5/h6-14H2,1-5H3/q+1. The molecule has 0 spiro atoms. The number of methoxy groups -OCH3 is 1. The van der Waals surface area contributed by atoms with Crippen molar-refractivity contribution >= 4 is 22.2 Å². The van der Waals surface area contributed by atoms with Crippen molar-refractivity contribution < 1.29 is 23.5 Å². The predicted octanol–water partition coefficient (Wildman–Crippen LogP) is 1.57. The van der Waals surface area contributed by atoms with Gasteiger partial charge in [0, 0.05) is 13.7 Å². The number of ether oxygens (including phenoxy) is 3. The van der Waals surface area contributed by atoms with Gasteiger partial charge in [0.1, 0.15) is 6.54 Å². The van der Waals surface area contributed by atoms with Gasteiger partial charge in [-0.25, -0.2) is 4.79 Å². The second-order valence-electron chi connectivity index (χ2n) is 7.40. The van der Waals surface area contributed by atoms with E-state index in [9.17, 15) is 4.79 Å². The summed E-state index contributed by atoms with van der Waals surface area (Å²) in [5.74, 6) is 0. The molecule has 0 atom stereocenters. The van der Waals surface area contributed by atoms with Gasteiger partial charge in [-0.2, -0.15) is 0 Å². The van der Waals surface area contributed by atoms with Crippen molar-refractivity contribution in [3.8, 4) is 0 Å². The molecule has 2 amide bonds. The van der Waals surface area contributed by atoms with Gasteiger partial charge in [-0.1, -0.05) is 0 Å². The molecule has 24 heavy (non-hydrogen) atoms. The van der Waals surface area contributed by atoms with E-state index < -0.39 is 0 Å². The van der Waals surface area contributed by atoms with Gasteiger partial charge < -0.3 is 23.6 Å². The first-order chi connectivity index (χ1) is 11.2. The maximum absolute atomic E-state index is 12.2. The van der Waals surface area contributed by atoms with E-state index in [-0.39, 0.29) is 11.6 Å². The Hall–Kier alpha value is -0.410. The molecular formula is C16H33BrN3O4+. The molecule has 0 bridgehead atoms. The van der Waals surface area contributed by atoms with Crippen LogP contribution in [0.2, 0.25) is 0 Å². The molecule has 1 heterocycles. The van der Waals surface area contributed by atoms with Gasteiger partial charge in [0.15, 0.2) is 0 Å². The molecule has 0 N–H and O–H groups in total. The highest BCUT2D eigenvalue weighted by Crippen LogP contribution is 2.28. The van der Waals surface area contributed by atoms with Crippen LogP contribution < -0.4 is 0 Å². The van der Waals surface area contributed by atoms with Crippen molar-refractivity contribution in [2.75, 3.05) is 80.4 Å². The van der Waals surface area contributed by atoms with Crippen molar-refractivity contribution in [1.29, 1.82) is 0 Å². The fourth-order valence-electron chi connectivity index (χ4n) is 2.43. The van der Waals surface area contributed by atoms with Gasteiger partial charge in [-0.3, -0.25) is 3.93 Å². The molecule has 1 saturated heterocycles. The minimum atomic E-state index is -0.167. The van der Waals surface area contributed by atoms with Crippen LogP contribution in [0.3, 0.4) is 0 Å². The zero-order valence-corrected chi connectivity index (χ0v) is 17.3. The lowest BCUT2D eigenvalue weighted by Gasteiger charge is -2.31. The maximum atomic E-state index is 12.2. The van der Waals surface area contributed by atoms with Crippen LogP contribution in [0.4, 0.5) is 4.79 Å². The summed E-state index contributed by atoms with van der Waals surface area (Å²) in [5.41, 5.74) is -0.167. The summed E-state index contributed by atoms with van der Waals surface area (Å²) in [6.07, 6.45) is 0. The van der Waals surface area contributed by atoms with Gasteiger partial charge in [0.25, 0.3) is 0 Å². The monoisotopic (exact) mass is 410 g/mol. The van der Waals surface area contributed by atoms with Crippen molar-refractivity contribution in [2.24, 2.45) is 0 Å². The van der Waals surface area contributed by atoms with Gasteiger partial charge >= 0.3 is 6.03 Å². The van der Waals surface area contributed by atoms with Gasteiger partial charge in [0.05, 0.1) is 81.9 Å². The lowest BCUT2D eigenvalue weighted by Crippen LogP contribution is -2.47. The van der Waals surface area contributed by atoms with E-state index in [0.29, 0.717) is 33.0 Å². The average molecular weight is 411 g/mol. The Balaban J connectivity index is 2.17. The third-order valence-electron chi connectivity index (χ3n) is 4.17. The predicted molar refractivity (Wildman–Crippen MR) is 97.2 cm³/mol. The SMILES string of the molecule is COCCOCCOCC[N+](C)(C)CCN1CC(C)(C)N(Br)C1=O. The zero-order chi connectivity index (χ0) is 18.2. The molecule has 1 rings (SSSR count). The van der Waals surface area contributed by atoms with Crippen LogP contribution >= 0.6 is 16.1 Å². The third-order valence-corrected chi connectivity index (χ3v) is 5.43. The fourth-order valence-corrected chi connectivity index (χ4v) is 2.77. The number of amides is 2. The number of nitrogens with zero attached hydrogens (tertiary/aromatic N) is 3. The Kier molecular flexibility index (Phi) is 8.94. The molecule has 142 valence electrons. The van der Waals surface area contributed by atoms with Crippen LogP contribution in [0.15, 0.2) is 0 Å². The van der Waals surface area contributed by atoms with Gasteiger partial charge in [-0.05, 0) is 13.8 Å². The Bertz CT molecular complexity index is 394. The highest BCUT2D eigenvalue weighted by Gasteiger charge is 2.42. The fraction of sp³-hybridized carbons (Fsp3) is 0.938. The molecular weight excluding hydrogens is 378 g/mol. The number of halogens is 1. The van der Waals surface area contributed by atoms with E-state index in [1.54, 1.807) is 11.0 Å². The molecule has 0 aliphatic carbocycles. The maximum Gasteiger partial charge on any atom is 0.330 e. The minimum Gasteiger partial charge on any atom is -0.382 e. The molecule has 1 fully saturated rings. The second kappa shape index (κ2) is 9.91. The molecule has 0 aromatic heterocycles. The smallest absolute Gasteiger partial charge is 0.330 e. The number of hydrogen-bond donors (Lipinski definition) is 0. The lowest BCUT2D eigenvalue weighted by molar-refractivity contribution is -0.890. The number of carbonyl (C=O) groups is 1. The Morgan fingerprint density at radius 2 is 1.67 bits per heavy atom. The summed E-state index contributed by atoms with van der Waals surface area (Å²) < 4.78 is 18.3. The quantitative estimate of drug-likeness (QED) is 0.278. The van der Waals surface area contributed by atoms with Crippen molar-refractivity contribution in [2.45, 2.75) is 19.4 Å². The van der Waals surface area contributed by atoms with E-state index in [2.05, 4.69) is 44.1 Å². The van der Waals surface area contributed by atoms with Crippen molar-refractivity contribution in [3.63, 3.8) is 0 Å². The zero-order valence-electron chi connectivity index (χ0n) is 15.7. The molecule has 1 aliphatic rings. The normalized spacial score (nSPS) is 17.8. The van der Waals surface area contributed by atoms with Crippen LogP contribution in [0.25, 0.3) is 0 Å². The largest absolute Gasteiger partial charge is 0.382 e. The molecule has 0 saturated carbocycles. The molecule has 8 heteroatoms. The van der Waals surface area contributed by atoms with Crippen LogP contribution in [0.1, 0.15) is 13.8 Å². The molecule has 0 aromatic carbocycles. The number of hydrogen-bond acceptors (Lipinski definition) is 4. The van der Waals surface area contributed by atoms with Crippen LogP contribution in [0, 0.1) is 0 Å². The molecule has 0 unspecified atom stereocenters. The summed E-state index contributed by atoms with van der Waals surface area (Å²) in [6.45, 7) is 10.5. The van der Waals surface area contributed by atoms with E-state index in [4.69, 9.17) is 14.2 Å². The summed E-state index contributed by atoms with van der Waals surface area (Å²) in [7, 11) is 5.98. The number of rotatable bonds is 12. The molecule has 1 aliphatic heterocycles. The molecule has 0 radical (unpaired) electrons. The summed E-state index contributed by atoms with van der Waals surface area (Å²) in [5, 5.41) is 0. The number of likely N-dealkylation sites (N-methyl/N-ethyl adjacent to an activating group) is 1. The Morgan fingerprint density at radius 3 is 2.21 bits per heavy atom. The van der Waals surface area contributed by atoms with E-state index >= 15 is 0 Å². The second-order valence-corrected chi connectivity index (χ2v) is 8.11. The number of quaternary nitrogens is 1. The Morgan fingerprint density at radius 1 is 1.08 bits per heavy atom. The topological polar surface area (TPSA) is 51.2 Å². The summed E-state index contributed by atoms with van der Waals surface area (Å²) in [6, 6.07) is 0.0458. The van der Waals surface area contributed by atoms with Crippen LogP contribution in [0.5, 0.6) is 0 Å². The highest BCUT2D eigenvalue weighted by molar-refractivity contribution is 9.07. The van der Waals surface area contributed by atoms with Crippen molar-refractivity contribution in [3.05, 3.63) is 0 Å². The van der Waals surface area contributed by atoms with Crippen molar-refractivity contribution in [1.82, 2.24) is 8.83 Å². The minimum absolute atomic E-state index is 0.0458. The first-order valence-electron chi connectivity index (χ1n) is 8.41. The summed E-state index contributed by atoms with van der Waals surface area (Å²) in [4.78, 5) is 14.1. The van der Waals surface area contributed by atoms with Crippen LogP contribution in [-0.2, 0) is 14.2 Å². The first-order valence-corrected chi connectivity index (χ1v) is 9.12. The van der Waals surface area contributed by atoms with Gasteiger partial charge in [0.2, 0.25) is 0 Å². The first kappa shape index (κ1) is 21.6.